The van der Waals surface area contributed by atoms with Gasteiger partial charge in [-0.1, -0.05) is 38.5 Å². The van der Waals surface area contributed by atoms with E-state index in [0.29, 0.717) is 6.42 Å². The third-order valence-corrected chi connectivity index (χ3v) is 6.10. The molecule has 0 radical (unpaired) electrons. The summed E-state index contributed by atoms with van der Waals surface area (Å²) < 4.78 is 0. The lowest BCUT2D eigenvalue weighted by Gasteiger charge is -2.27. The summed E-state index contributed by atoms with van der Waals surface area (Å²) >= 11 is 4.15. The van der Waals surface area contributed by atoms with Crippen molar-refractivity contribution in [2.24, 2.45) is 11.7 Å². The van der Waals surface area contributed by atoms with E-state index in [2.05, 4.69) is 33.6 Å². The number of carbonyl (C=O) groups is 4. The quantitative estimate of drug-likeness (QED) is 0.214. The average Bonchev–Trinajstić information content (AvgIpc) is 3.22. The van der Waals surface area contributed by atoms with Crippen LogP contribution in [-0.4, -0.2) is 63.7 Å². The Bertz CT molecular complexity index is 1020. The molecule has 2 rings (SSSR count). The second-order valence-corrected chi connectivity index (χ2v) is 8.73. The highest BCUT2D eigenvalue weighted by Gasteiger charge is 2.31. The predicted molar refractivity (Wildman–Crippen MR) is 132 cm³/mol. The highest BCUT2D eigenvalue weighted by molar-refractivity contribution is 7.80. The van der Waals surface area contributed by atoms with E-state index in [0.717, 1.165) is 16.5 Å². The first kappa shape index (κ1) is 27.2. The summed E-state index contributed by atoms with van der Waals surface area (Å²) in [7, 11) is 0. The van der Waals surface area contributed by atoms with E-state index < -0.39 is 47.9 Å². The van der Waals surface area contributed by atoms with Crippen molar-refractivity contribution in [3.8, 4) is 0 Å². The number of carboxylic acids is 1. The van der Waals surface area contributed by atoms with Gasteiger partial charge in [-0.05, 0) is 24.5 Å². The minimum atomic E-state index is -1.21. The van der Waals surface area contributed by atoms with Gasteiger partial charge in [0.2, 0.25) is 17.7 Å². The number of thiol groups is 1. The van der Waals surface area contributed by atoms with Crippen molar-refractivity contribution < 1.29 is 24.3 Å². The second-order valence-electron chi connectivity index (χ2n) is 8.37. The van der Waals surface area contributed by atoms with Crippen LogP contribution in [0.5, 0.6) is 0 Å². The molecule has 2 aromatic rings. The van der Waals surface area contributed by atoms with Gasteiger partial charge in [0.15, 0.2) is 0 Å². The molecule has 0 saturated heterocycles. The molecule has 0 aliphatic heterocycles. The minimum absolute atomic E-state index is 0.0538. The van der Waals surface area contributed by atoms with Crippen LogP contribution in [0.2, 0.25) is 0 Å². The van der Waals surface area contributed by atoms with Gasteiger partial charge in [-0.3, -0.25) is 14.4 Å². The van der Waals surface area contributed by atoms with Crippen LogP contribution in [0.3, 0.4) is 0 Å². The summed E-state index contributed by atoms with van der Waals surface area (Å²) in [6, 6.07) is 3.43. The van der Waals surface area contributed by atoms with Gasteiger partial charge in [-0.25, -0.2) is 4.79 Å². The predicted octanol–water partition coefficient (Wildman–Crippen LogP) is 0.573. The zero-order valence-electron chi connectivity index (χ0n) is 19.5. The van der Waals surface area contributed by atoms with E-state index in [4.69, 9.17) is 5.73 Å². The van der Waals surface area contributed by atoms with E-state index in [9.17, 15) is 24.3 Å². The minimum Gasteiger partial charge on any atom is -0.480 e. The van der Waals surface area contributed by atoms with Crippen LogP contribution in [0, 0.1) is 5.92 Å². The number of aromatic amines is 1. The first-order valence-electron chi connectivity index (χ1n) is 11.1. The second kappa shape index (κ2) is 12.4. The molecule has 0 spiro atoms. The number of carbonyl (C=O) groups excluding carboxylic acids is 3. The Morgan fingerprint density at radius 2 is 1.68 bits per heavy atom. The maximum Gasteiger partial charge on any atom is 0.326 e. The number of benzene rings is 1. The molecule has 1 heterocycles. The Hall–Kier alpha value is -3.05. The van der Waals surface area contributed by atoms with Crippen molar-refractivity contribution in [3.05, 3.63) is 36.0 Å². The van der Waals surface area contributed by atoms with Crippen LogP contribution in [0.1, 0.15) is 32.8 Å². The van der Waals surface area contributed by atoms with Gasteiger partial charge >= 0.3 is 5.97 Å². The molecule has 186 valence electrons. The van der Waals surface area contributed by atoms with Crippen LogP contribution >= 0.6 is 12.6 Å². The zero-order chi connectivity index (χ0) is 25.4. The Morgan fingerprint density at radius 1 is 1.03 bits per heavy atom. The summed E-state index contributed by atoms with van der Waals surface area (Å²) in [5, 5.41) is 18.2. The molecule has 1 aromatic heterocycles. The SMILES string of the molecule is CCC(C)C(NC(=O)C(C)N)C(=O)NC(CS)C(=O)NC(Cc1c[nH]c2ccccc12)C(=O)O. The van der Waals surface area contributed by atoms with Crippen molar-refractivity contribution in [2.45, 2.75) is 57.8 Å². The first-order chi connectivity index (χ1) is 16.1. The fourth-order valence-electron chi connectivity index (χ4n) is 3.44. The number of aromatic nitrogens is 1. The highest BCUT2D eigenvalue weighted by Crippen LogP contribution is 2.19. The third kappa shape index (κ3) is 6.97. The maximum atomic E-state index is 12.9. The lowest BCUT2D eigenvalue weighted by atomic mass is 9.97. The van der Waals surface area contributed by atoms with Gasteiger partial charge < -0.3 is 31.8 Å². The van der Waals surface area contributed by atoms with E-state index in [1.165, 1.54) is 6.92 Å². The lowest BCUT2D eigenvalue weighted by molar-refractivity contribution is -0.142. The Kier molecular flexibility index (Phi) is 9.94. The number of hydrogen-bond donors (Lipinski definition) is 7. The van der Waals surface area contributed by atoms with Gasteiger partial charge in [-0.2, -0.15) is 12.6 Å². The largest absolute Gasteiger partial charge is 0.480 e. The molecule has 5 unspecified atom stereocenters. The van der Waals surface area contributed by atoms with Crippen molar-refractivity contribution in [1.82, 2.24) is 20.9 Å². The zero-order valence-corrected chi connectivity index (χ0v) is 20.4. The molecular formula is C23H33N5O5S. The summed E-state index contributed by atoms with van der Waals surface area (Å²) in [4.78, 5) is 52.7. The third-order valence-electron chi connectivity index (χ3n) is 5.74. The fourth-order valence-corrected chi connectivity index (χ4v) is 3.69. The molecule has 11 heteroatoms. The monoisotopic (exact) mass is 491 g/mol. The number of H-pyrrole nitrogens is 1. The number of carboxylic acid groups (broad SMARTS) is 1. The number of amides is 3. The first-order valence-corrected chi connectivity index (χ1v) is 11.8. The smallest absolute Gasteiger partial charge is 0.326 e. The molecule has 5 atom stereocenters. The molecule has 3 amide bonds. The van der Waals surface area contributed by atoms with Crippen LogP contribution in [-0.2, 0) is 25.6 Å². The van der Waals surface area contributed by atoms with Crippen molar-refractivity contribution in [1.29, 1.82) is 0 Å². The van der Waals surface area contributed by atoms with E-state index in [1.54, 1.807) is 13.1 Å². The average molecular weight is 492 g/mol. The number of fused-ring (bicyclic) bond motifs is 1. The van der Waals surface area contributed by atoms with Gasteiger partial charge in [-0.15, -0.1) is 0 Å². The number of rotatable bonds is 12. The summed E-state index contributed by atoms with van der Waals surface area (Å²) in [5.41, 5.74) is 7.20. The highest BCUT2D eigenvalue weighted by atomic mass is 32.1. The standard InChI is InChI=1S/C23H33N5O5S/c1-4-12(2)19(28-20(29)13(3)24)22(31)27-18(11-34)21(30)26-17(23(32)33)9-14-10-25-16-8-6-5-7-15(14)16/h5-8,10,12-13,17-19,25,34H,4,9,11,24H2,1-3H3,(H,26,30)(H,27,31)(H,28,29)(H,32,33). The number of para-hydroxylation sites is 1. The number of aliphatic carboxylic acids is 1. The Morgan fingerprint density at radius 3 is 2.26 bits per heavy atom. The van der Waals surface area contributed by atoms with Crippen molar-refractivity contribution >= 4 is 47.2 Å². The Balaban J connectivity index is 2.11. The molecule has 7 N–H and O–H groups in total. The maximum absolute atomic E-state index is 12.9. The van der Waals surface area contributed by atoms with E-state index in [-0.39, 0.29) is 18.1 Å². The summed E-state index contributed by atoms with van der Waals surface area (Å²) in [5.74, 6) is -3.23. The molecule has 0 bridgehead atoms. The van der Waals surface area contributed by atoms with Gasteiger partial charge in [0, 0.05) is 29.3 Å². The van der Waals surface area contributed by atoms with Crippen molar-refractivity contribution in [3.63, 3.8) is 0 Å². The normalized spacial score (nSPS) is 15.6. The van der Waals surface area contributed by atoms with E-state index >= 15 is 0 Å². The topological polar surface area (TPSA) is 166 Å². The van der Waals surface area contributed by atoms with Crippen molar-refractivity contribution in [2.75, 3.05) is 5.75 Å². The summed E-state index contributed by atoms with van der Waals surface area (Å²) in [6.45, 7) is 5.17. The molecule has 0 aliphatic rings. The molecule has 1 aromatic carbocycles. The molecular weight excluding hydrogens is 458 g/mol. The number of nitrogens with one attached hydrogen (secondary N) is 4. The van der Waals surface area contributed by atoms with E-state index in [1.807, 2.05) is 31.2 Å². The Labute approximate surface area is 203 Å². The van der Waals surface area contributed by atoms with Crippen LogP contribution < -0.4 is 21.7 Å². The molecule has 34 heavy (non-hydrogen) atoms. The van der Waals surface area contributed by atoms with Crippen LogP contribution in [0.4, 0.5) is 0 Å². The summed E-state index contributed by atoms with van der Waals surface area (Å²) in [6.07, 6.45) is 2.36. The molecule has 0 fully saturated rings. The molecule has 0 aliphatic carbocycles. The van der Waals surface area contributed by atoms with Crippen LogP contribution in [0.25, 0.3) is 10.9 Å². The lowest BCUT2D eigenvalue weighted by Crippen LogP contribution is -2.59. The van der Waals surface area contributed by atoms with Gasteiger partial charge in [0.25, 0.3) is 0 Å². The van der Waals surface area contributed by atoms with Gasteiger partial charge in [0.05, 0.1) is 6.04 Å². The number of nitrogens with two attached hydrogens (primary N) is 1. The van der Waals surface area contributed by atoms with Crippen LogP contribution in [0.15, 0.2) is 30.5 Å². The molecule has 0 saturated carbocycles. The van der Waals surface area contributed by atoms with Gasteiger partial charge in [0.1, 0.15) is 18.1 Å². The number of hydrogen-bond acceptors (Lipinski definition) is 6. The molecule has 10 nitrogen and oxygen atoms in total. The fraction of sp³-hybridized carbons (Fsp3) is 0.478.